The molecule has 0 spiro atoms. The second-order valence-electron chi connectivity index (χ2n) is 3.13. The summed E-state index contributed by atoms with van der Waals surface area (Å²) in [6, 6.07) is -0.860. The summed E-state index contributed by atoms with van der Waals surface area (Å²) in [4.78, 5) is 37.2. The zero-order valence-electron chi connectivity index (χ0n) is 8.73. The minimum absolute atomic E-state index is 0.430. The lowest BCUT2D eigenvalue weighted by Crippen LogP contribution is -2.16. The number of carbonyl (C=O) groups is 1. The molecule has 0 aliphatic rings. The summed E-state index contributed by atoms with van der Waals surface area (Å²) in [5.41, 5.74) is 0. The van der Waals surface area contributed by atoms with Gasteiger partial charge in [0, 0.05) is 0 Å². The molecule has 0 saturated carbocycles. The molecule has 0 saturated heterocycles. The Morgan fingerprint density at radius 2 is 1.93 bits per heavy atom. The molecular weight excluding hydrogens is 196 g/mol. The smallest absolute Gasteiger partial charge is 0.269 e. The predicted octanol–water partition coefficient (Wildman–Crippen LogP) is 1.52. The lowest BCUT2D eigenvalue weighted by molar-refractivity contribution is -0.119. The topological polar surface area (TPSA) is 75.9 Å². The van der Waals surface area contributed by atoms with Gasteiger partial charge in [0.1, 0.15) is 6.04 Å². The van der Waals surface area contributed by atoms with E-state index in [1.165, 1.54) is 6.08 Å². The molecule has 1 amide bonds. The summed E-state index contributed by atoms with van der Waals surface area (Å²) in [6.45, 7) is 2.07. The van der Waals surface area contributed by atoms with Crippen molar-refractivity contribution in [3.63, 3.8) is 0 Å². The molecule has 1 atom stereocenters. The van der Waals surface area contributed by atoms with E-state index in [0.717, 1.165) is 31.8 Å². The first-order chi connectivity index (χ1) is 7.26. The van der Waals surface area contributed by atoms with E-state index >= 15 is 0 Å². The van der Waals surface area contributed by atoms with E-state index in [2.05, 4.69) is 16.9 Å². The van der Waals surface area contributed by atoms with E-state index < -0.39 is 11.9 Å². The molecule has 0 rings (SSSR count). The van der Waals surface area contributed by atoms with Crippen molar-refractivity contribution in [1.29, 1.82) is 0 Å². The average Bonchev–Trinajstić information content (AvgIpc) is 2.23. The number of nitrogens with zero attached hydrogens (tertiary/aromatic N) is 2. The summed E-state index contributed by atoms with van der Waals surface area (Å²) >= 11 is 0. The van der Waals surface area contributed by atoms with Crippen molar-refractivity contribution in [1.82, 2.24) is 0 Å². The molecule has 15 heavy (non-hydrogen) atoms. The number of carbonyl (C=O) groups excluding carboxylic acids is 3. The Bertz CT molecular complexity index is 289. The van der Waals surface area contributed by atoms with Crippen LogP contribution >= 0.6 is 0 Å². The van der Waals surface area contributed by atoms with Crippen LogP contribution in [0.25, 0.3) is 0 Å². The lowest BCUT2D eigenvalue weighted by atomic mass is 10.1. The number of rotatable bonds is 7. The van der Waals surface area contributed by atoms with Gasteiger partial charge in [-0.05, 0) is 6.42 Å². The van der Waals surface area contributed by atoms with Gasteiger partial charge in [0.05, 0.1) is 0 Å². The molecule has 0 aliphatic heterocycles. The summed E-state index contributed by atoms with van der Waals surface area (Å²) < 4.78 is 0. The molecule has 5 nitrogen and oxygen atoms in total. The van der Waals surface area contributed by atoms with Gasteiger partial charge in [-0.2, -0.15) is 4.99 Å². The Balaban J connectivity index is 4.10. The first-order valence-electron chi connectivity index (χ1n) is 4.95. The van der Waals surface area contributed by atoms with Crippen LogP contribution < -0.4 is 0 Å². The van der Waals surface area contributed by atoms with Crippen molar-refractivity contribution in [2.45, 2.75) is 45.1 Å². The minimum atomic E-state index is -0.860. The third kappa shape index (κ3) is 6.49. The van der Waals surface area contributed by atoms with Gasteiger partial charge in [-0.25, -0.2) is 9.59 Å². The van der Waals surface area contributed by atoms with Gasteiger partial charge in [-0.3, -0.25) is 4.79 Å². The highest BCUT2D eigenvalue weighted by atomic mass is 16.2. The van der Waals surface area contributed by atoms with Gasteiger partial charge < -0.3 is 0 Å². The van der Waals surface area contributed by atoms with Crippen molar-refractivity contribution in [2.24, 2.45) is 9.98 Å². The average molecular weight is 210 g/mol. The normalized spacial score (nSPS) is 11.0. The molecular formula is C10H14N2O3. The first kappa shape index (κ1) is 13.4. The molecule has 0 radical (unpaired) electrons. The molecule has 0 aliphatic carbocycles. The Morgan fingerprint density at radius 1 is 1.20 bits per heavy atom. The van der Waals surface area contributed by atoms with Crippen LogP contribution in [0.4, 0.5) is 0 Å². The van der Waals surface area contributed by atoms with E-state index in [9.17, 15) is 14.4 Å². The largest absolute Gasteiger partial charge is 0.282 e. The van der Waals surface area contributed by atoms with Gasteiger partial charge >= 0.3 is 0 Å². The van der Waals surface area contributed by atoms with Crippen molar-refractivity contribution >= 4 is 18.1 Å². The number of unbranched alkanes of at least 4 members (excludes halogenated alkanes) is 3. The number of hydrogen-bond acceptors (Lipinski definition) is 4. The highest BCUT2D eigenvalue weighted by molar-refractivity contribution is 5.86. The zero-order valence-corrected chi connectivity index (χ0v) is 8.73. The number of aliphatic imine (C=N–C) groups is 2. The molecule has 0 aromatic rings. The Morgan fingerprint density at radius 3 is 2.47 bits per heavy atom. The molecule has 0 heterocycles. The van der Waals surface area contributed by atoms with Gasteiger partial charge in [0.25, 0.3) is 5.91 Å². The second-order valence-corrected chi connectivity index (χ2v) is 3.13. The lowest BCUT2D eigenvalue weighted by Gasteiger charge is -2.04. The standard InChI is InChI=1S/C10H14N2O3/c1-2-3-4-5-6-9(11-7-13)10(15)12-8-14/h9H,2-6H2,1H3. The molecule has 0 fully saturated rings. The van der Waals surface area contributed by atoms with Crippen molar-refractivity contribution < 1.29 is 14.4 Å². The highest BCUT2D eigenvalue weighted by Gasteiger charge is 2.15. The maximum Gasteiger partial charge on any atom is 0.282 e. The Labute approximate surface area is 88.3 Å². The molecule has 0 aromatic heterocycles. The molecule has 0 bridgehead atoms. The summed E-state index contributed by atoms with van der Waals surface area (Å²) in [5.74, 6) is -0.718. The number of isocyanates is 2. The molecule has 0 N–H and O–H groups in total. The maximum atomic E-state index is 11.1. The van der Waals surface area contributed by atoms with E-state index in [-0.39, 0.29) is 0 Å². The number of amides is 1. The fourth-order valence-electron chi connectivity index (χ4n) is 1.19. The predicted molar refractivity (Wildman–Crippen MR) is 53.8 cm³/mol. The van der Waals surface area contributed by atoms with Gasteiger partial charge in [-0.1, -0.05) is 32.6 Å². The molecule has 82 valence electrons. The van der Waals surface area contributed by atoms with E-state index in [1.54, 1.807) is 0 Å². The van der Waals surface area contributed by atoms with Crippen LogP contribution in [-0.4, -0.2) is 24.1 Å². The molecule has 1 unspecified atom stereocenters. The third-order valence-electron chi connectivity index (χ3n) is 1.98. The van der Waals surface area contributed by atoms with Crippen LogP contribution in [-0.2, 0) is 14.4 Å². The van der Waals surface area contributed by atoms with E-state index in [0.29, 0.717) is 6.42 Å². The second kappa shape index (κ2) is 9.00. The van der Waals surface area contributed by atoms with E-state index in [1.807, 2.05) is 0 Å². The van der Waals surface area contributed by atoms with Crippen LogP contribution in [0.1, 0.15) is 39.0 Å². The van der Waals surface area contributed by atoms with Gasteiger partial charge in [0.2, 0.25) is 12.2 Å². The fourth-order valence-corrected chi connectivity index (χ4v) is 1.19. The fraction of sp³-hybridized carbons (Fsp3) is 0.700. The molecule has 0 aromatic carbocycles. The quantitative estimate of drug-likeness (QED) is 0.363. The summed E-state index contributed by atoms with van der Waals surface area (Å²) in [6.07, 6.45) is 6.80. The monoisotopic (exact) mass is 210 g/mol. The van der Waals surface area contributed by atoms with Crippen LogP contribution in [0.2, 0.25) is 0 Å². The van der Waals surface area contributed by atoms with Crippen LogP contribution in [0.3, 0.4) is 0 Å². The summed E-state index contributed by atoms with van der Waals surface area (Å²) in [5, 5.41) is 0. The summed E-state index contributed by atoms with van der Waals surface area (Å²) in [7, 11) is 0. The third-order valence-corrected chi connectivity index (χ3v) is 1.98. The highest BCUT2D eigenvalue weighted by Crippen LogP contribution is 2.09. The SMILES string of the molecule is CCCCCCC(N=C=O)C(=O)N=C=O. The minimum Gasteiger partial charge on any atom is -0.269 e. The van der Waals surface area contributed by atoms with E-state index in [4.69, 9.17) is 0 Å². The van der Waals surface area contributed by atoms with Crippen molar-refractivity contribution in [3.8, 4) is 0 Å². The van der Waals surface area contributed by atoms with Crippen LogP contribution in [0.15, 0.2) is 9.98 Å². The first-order valence-corrected chi connectivity index (χ1v) is 4.95. The molecule has 5 heteroatoms. The van der Waals surface area contributed by atoms with Gasteiger partial charge in [-0.15, -0.1) is 4.99 Å². The number of hydrogen-bond donors (Lipinski definition) is 0. The van der Waals surface area contributed by atoms with Crippen molar-refractivity contribution in [3.05, 3.63) is 0 Å². The van der Waals surface area contributed by atoms with Gasteiger partial charge in [0.15, 0.2) is 0 Å². The van der Waals surface area contributed by atoms with Crippen LogP contribution in [0.5, 0.6) is 0 Å². The Kier molecular flexibility index (Phi) is 8.06. The van der Waals surface area contributed by atoms with Crippen LogP contribution in [0, 0.1) is 0 Å². The van der Waals surface area contributed by atoms with Crippen molar-refractivity contribution in [2.75, 3.05) is 0 Å². The Hall–Kier alpha value is -1.57. The maximum absolute atomic E-state index is 11.1. The zero-order chi connectivity index (χ0) is 11.5.